The molecule has 0 aromatic heterocycles. The summed E-state index contributed by atoms with van der Waals surface area (Å²) in [5, 5.41) is 0. The van der Waals surface area contributed by atoms with Gasteiger partial charge in [0.1, 0.15) is 0 Å². The van der Waals surface area contributed by atoms with Crippen LogP contribution in [-0.2, 0) is 14.3 Å². The minimum Gasteiger partial charge on any atom is -0.463 e. The Morgan fingerprint density at radius 2 is 2.31 bits per heavy atom. The van der Waals surface area contributed by atoms with E-state index < -0.39 is 18.2 Å². The van der Waals surface area contributed by atoms with Gasteiger partial charge in [-0.15, -0.1) is 0 Å². The van der Waals surface area contributed by atoms with Gasteiger partial charge in [-0.05, 0) is 6.42 Å². The molecule has 0 aromatic carbocycles. The Bertz CT molecular complexity index is 236. The molecule has 2 saturated heterocycles. The van der Waals surface area contributed by atoms with Crippen LogP contribution in [0.5, 0.6) is 0 Å². The Kier molecular flexibility index (Phi) is 2.08. The highest BCUT2D eigenvalue weighted by Crippen LogP contribution is 2.14. The number of amides is 1. The number of nitrogens with zero attached hydrogens (tertiary/aromatic N) is 1. The van der Waals surface area contributed by atoms with Crippen LogP contribution < -0.4 is 0 Å². The number of hydrogen-bond donors (Lipinski definition) is 0. The van der Waals surface area contributed by atoms with Gasteiger partial charge < -0.3 is 14.4 Å². The third-order valence-electron chi connectivity index (χ3n) is 2.24. The van der Waals surface area contributed by atoms with E-state index in [4.69, 9.17) is 4.74 Å². The van der Waals surface area contributed by atoms with Gasteiger partial charge in [-0.25, -0.2) is 9.59 Å². The van der Waals surface area contributed by atoms with Crippen molar-refractivity contribution in [2.24, 2.45) is 0 Å². The molecule has 0 saturated carbocycles. The zero-order chi connectivity index (χ0) is 9.26. The maximum absolute atomic E-state index is 11.2. The highest BCUT2D eigenvalue weighted by atomic mass is 16.6. The second-order valence-electron chi connectivity index (χ2n) is 3.17. The standard InChI is InChI=1S/C8H11NO4/c10-7-6(2-5-12-7)13-8(11)9-3-1-4-9/h6H,1-5H2. The normalized spacial score (nSPS) is 26.6. The van der Waals surface area contributed by atoms with E-state index >= 15 is 0 Å². The Balaban J connectivity index is 1.82. The van der Waals surface area contributed by atoms with Crippen molar-refractivity contribution in [1.29, 1.82) is 0 Å². The molecular weight excluding hydrogens is 174 g/mol. The van der Waals surface area contributed by atoms with Gasteiger partial charge in [-0.2, -0.15) is 0 Å². The molecule has 5 heteroatoms. The number of esters is 1. The fraction of sp³-hybridized carbons (Fsp3) is 0.750. The fourth-order valence-electron chi connectivity index (χ4n) is 1.28. The predicted octanol–water partition coefficient (Wildman–Crippen LogP) is 0.144. The monoisotopic (exact) mass is 185 g/mol. The molecule has 2 fully saturated rings. The van der Waals surface area contributed by atoms with E-state index in [9.17, 15) is 9.59 Å². The van der Waals surface area contributed by atoms with Crippen LogP contribution in [-0.4, -0.2) is 42.8 Å². The van der Waals surface area contributed by atoms with Gasteiger partial charge in [0.05, 0.1) is 6.61 Å². The quantitative estimate of drug-likeness (QED) is 0.545. The smallest absolute Gasteiger partial charge is 0.410 e. The van der Waals surface area contributed by atoms with E-state index in [1.54, 1.807) is 4.90 Å². The average molecular weight is 185 g/mol. The second kappa shape index (κ2) is 3.24. The van der Waals surface area contributed by atoms with Gasteiger partial charge in [-0.1, -0.05) is 0 Å². The van der Waals surface area contributed by atoms with Crippen molar-refractivity contribution in [3.05, 3.63) is 0 Å². The minimum absolute atomic E-state index is 0.358. The van der Waals surface area contributed by atoms with Crippen LogP contribution in [0, 0.1) is 0 Å². The number of rotatable bonds is 1. The molecule has 5 nitrogen and oxygen atoms in total. The molecular formula is C8H11NO4. The molecule has 2 aliphatic heterocycles. The van der Waals surface area contributed by atoms with Crippen molar-refractivity contribution in [2.75, 3.05) is 19.7 Å². The summed E-state index contributed by atoms with van der Waals surface area (Å²) in [4.78, 5) is 23.7. The first-order chi connectivity index (χ1) is 6.27. The van der Waals surface area contributed by atoms with Crippen molar-refractivity contribution in [3.8, 4) is 0 Å². The zero-order valence-corrected chi connectivity index (χ0v) is 7.19. The van der Waals surface area contributed by atoms with Crippen molar-refractivity contribution < 1.29 is 19.1 Å². The van der Waals surface area contributed by atoms with Gasteiger partial charge >= 0.3 is 12.1 Å². The summed E-state index contributed by atoms with van der Waals surface area (Å²) >= 11 is 0. The first-order valence-electron chi connectivity index (χ1n) is 4.39. The van der Waals surface area contributed by atoms with Gasteiger partial charge in [0, 0.05) is 19.5 Å². The van der Waals surface area contributed by atoms with Crippen LogP contribution in [0.3, 0.4) is 0 Å². The lowest BCUT2D eigenvalue weighted by Crippen LogP contribution is -2.44. The van der Waals surface area contributed by atoms with E-state index in [0.717, 1.165) is 19.5 Å². The highest BCUT2D eigenvalue weighted by Gasteiger charge is 2.32. The molecule has 2 heterocycles. The lowest BCUT2D eigenvalue weighted by Gasteiger charge is -2.30. The van der Waals surface area contributed by atoms with Crippen LogP contribution in [0.15, 0.2) is 0 Å². The fourth-order valence-corrected chi connectivity index (χ4v) is 1.28. The van der Waals surface area contributed by atoms with Crippen molar-refractivity contribution >= 4 is 12.1 Å². The molecule has 13 heavy (non-hydrogen) atoms. The van der Waals surface area contributed by atoms with Crippen LogP contribution in [0.4, 0.5) is 4.79 Å². The third-order valence-corrected chi connectivity index (χ3v) is 2.24. The van der Waals surface area contributed by atoms with Gasteiger partial charge in [-0.3, -0.25) is 0 Å². The molecule has 2 aliphatic rings. The van der Waals surface area contributed by atoms with E-state index in [-0.39, 0.29) is 0 Å². The molecule has 1 unspecified atom stereocenters. The van der Waals surface area contributed by atoms with E-state index in [1.807, 2.05) is 0 Å². The first kappa shape index (κ1) is 8.34. The Hall–Kier alpha value is -1.26. The molecule has 0 aliphatic carbocycles. The summed E-state index contributed by atoms with van der Waals surface area (Å²) in [5.74, 6) is -0.422. The molecule has 0 bridgehead atoms. The van der Waals surface area contributed by atoms with E-state index in [2.05, 4.69) is 4.74 Å². The van der Waals surface area contributed by atoms with Crippen LogP contribution in [0.25, 0.3) is 0 Å². The predicted molar refractivity (Wildman–Crippen MR) is 42.0 cm³/mol. The number of hydrogen-bond acceptors (Lipinski definition) is 4. The van der Waals surface area contributed by atoms with Crippen LogP contribution in [0.1, 0.15) is 12.8 Å². The summed E-state index contributed by atoms with van der Waals surface area (Å²) in [6.45, 7) is 1.83. The maximum Gasteiger partial charge on any atom is 0.410 e. The Labute approximate surface area is 75.6 Å². The van der Waals surface area contributed by atoms with Gasteiger partial charge in [0.25, 0.3) is 0 Å². The Morgan fingerprint density at radius 1 is 1.54 bits per heavy atom. The zero-order valence-electron chi connectivity index (χ0n) is 7.19. The number of carbonyl (C=O) groups is 2. The number of likely N-dealkylation sites (tertiary alicyclic amines) is 1. The second-order valence-corrected chi connectivity index (χ2v) is 3.17. The average Bonchev–Trinajstić information content (AvgIpc) is 2.32. The van der Waals surface area contributed by atoms with Crippen LogP contribution in [0.2, 0.25) is 0 Å². The molecule has 1 amide bonds. The first-order valence-corrected chi connectivity index (χ1v) is 4.39. The Morgan fingerprint density at radius 3 is 2.77 bits per heavy atom. The summed E-state index contributed by atoms with van der Waals surface area (Å²) in [6, 6.07) is 0. The van der Waals surface area contributed by atoms with Gasteiger partial charge in [0.2, 0.25) is 6.10 Å². The van der Waals surface area contributed by atoms with Gasteiger partial charge in [0.15, 0.2) is 0 Å². The summed E-state index contributed by atoms with van der Waals surface area (Å²) in [5.41, 5.74) is 0. The number of ether oxygens (including phenoxy) is 2. The molecule has 0 spiro atoms. The molecule has 2 rings (SSSR count). The molecule has 72 valence electrons. The largest absolute Gasteiger partial charge is 0.463 e. The number of cyclic esters (lactones) is 1. The molecule has 0 radical (unpaired) electrons. The van der Waals surface area contributed by atoms with Crippen molar-refractivity contribution in [2.45, 2.75) is 18.9 Å². The van der Waals surface area contributed by atoms with E-state index in [0.29, 0.717) is 13.0 Å². The minimum atomic E-state index is -0.673. The SMILES string of the molecule is O=C1OCCC1OC(=O)N1CCC1. The summed E-state index contributed by atoms with van der Waals surface area (Å²) < 4.78 is 9.60. The van der Waals surface area contributed by atoms with Crippen LogP contribution >= 0.6 is 0 Å². The van der Waals surface area contributed by atoms with Crippen molar-refractivity contribution in [3.63, 3.8) is 0 Å². The van der Waals surface area contributed by atoms with Crippen molar-refractivity contribution in [1.82, 2.24) is 4.90 Å². The summed E-state index contributed by atoms with van der Waals surface area (Å²) in [6.07, 6.45) is 0.436. The molecule has 0 aromatic rings. The molecule has 0 N–H and O–H groups in total. The third kappa shape index (κ3) is 1.59. The molecule has 1 atom stereocenters. The lowest BCUT2D eigenvalue weighted by molar-refractivity contribution is -0.145. The lowest BCUT2D eigenvalue weighted by atomic mass is 10.2. The van der Waals surface area contributed by atoms with E-state index in [1.165, 1.54) is 0 Å². The number of carbonyl (C=O) groups excluding carboxylic acids is 2. The maximum atomic E-state index is 11.2. The summed E-state index contributed by atoms with van der Waals surface area (Å²) in [7, 11) is 0. The highest BCUT2D eigenvalue weighted by molar-refractivity contribution is 5.80. The topological polar surface area (TPSA) is 55.8 Å².